The zero-order chi connectivity index (χ0) is 12.8. The highest BCUT2D eigenvalue weighted by atomic mass is 16.3. The second-order valence-corrected chi connectivity index (χ2v) is 5.43. The number of aryl methyl sites for hydroxylation is 1. The molecule has 4 heteroatoms. The second kappa shape index (κ2) is 6.90. The number of nitrogens with zero attached hydrogens (tertiary/aromatic N) is 2. The summed E-state index contributed by atoms with van der Waals surface area (Å²) in [4.78, 5) is 0. The SMILES string of the molecule is CCCn1cc(CNCC2CCCC(O)C2)cn1. The fraction of sp³-hybridized carbons (Fsp3) is 0.786. The first-order chi connectivity index (χ1) is 8.78. The third-order valence-corrected chi connectivity index (χ3v) is 3.66. The minimum atomic E-state index is -0.0714. The van der Waals surface area contributed by atoms with Crippen molar-refractivity contribution in [3.8, 4) is 0 Å². The van der Waals surface area contributed by atoms with Crippen molar-refractivity contribution in [1.29, 1.82) is 0 Å². The summed E-state index contributed by atoms with van der Waals surface area (Å²) in [5.41, 5.74) is 1.25. The van der Waals surface area contributed by atoms with Crippen LogP contribution in [-0.2, 0) is 13.1 Å². The average Bonchev–Trinajstić information content (AvgIpc) is 2.78. The van der Waals surface area contributed by atoms with E-state index in [9.17, 15) is 5.11 Å². The molecular formula is C14H25N3O. The van der Waals surface area contributed by atoms with Crippen molar-refractivity contribution in [3.63, 3.8) is 0 Å². The Morgan fingerprint density at radius 2 is 2.39 bits per heavy atom. The van der Waals surface area contributed by atoms with Crippen LogP contribution in [0.5, 0.6) is 0 Å². The molecule has 0 saturated heterocycles. The normalized spacial score (nSPS) is 24.3. The number of rotatable bonds is 6. The van der Waals surface area contributed by atoms with Gasteiger partial charge < -0.3 is 10.4 Å². The topological polar surface area (TPSA) is 50.1 Å². The van der Waals surface area contributed by atoms with Gasteiger partial charge in [0.05, 0.1) is 12.3 Å². The predicted octanol–water partition coefficient (Wildman–Crippen LogP) is 1.93. The van der Waals surface area contributed by atoms with Gasteiger partial charge in [-0.05, 0) is 38.1 Å². The van der Waals surface area contributed by atoms with Crippen molar-refractivity contribution >= 4 is 0 Å². The van der Waals surface area contributed by atoms with Gasteiger partial charge in [0, 0.05) is 24.8 Å². The molecule has 1 aromatic rings. The van der Waals surface area contributed by atoms with E-state index in [2.05, 4.69) is 23.5 Å². The third-order valence-electron chi connectivity index (χ3n) is 3.66. The molecule has 0 bridgehead atoms. The molecular weight excluding hydrogens is 226 g/mol. The van der Waals surface area contributed by atoms with Gasteiger partial charge in [-0.1, -0.05) is 13.3 Å². The lowest BCUT2D eigenvalue weighted by Gasteiger charge is -2.25. The molecule has 0 aliphatic heterocycles. The van der Waals surface area contributed by atoms with Crippen molar-refractivity contribution in [2.24, 2.45) is 5.92 Å². The molecule has 1 aliphatic carbocycles. The summed E-state index contributed by atoms with van der Waals surface area (Å²) in [5.74, 6) is 0.638. The summed E-state index contributed by atoms with van der Waals surface area (Å²) in [7, 11) is 0. The zero-order valence-corrected chi connectivity index (χ0v) is 11.3. The first-order valence-electron chi connectivity index (χ1n) is 7.18. The van der Waals surface area contributed by atoms with Gasteiger partial charge in [0.1, 0.15) is 0 Å². The van der Waals surface area contributed by atoms with Crippen LogP contribution in [0.15, 0.2) is 12.4 Å². The number of aromatic nitrogens is 2. The molecule has 2 N–H and O–H groups in total. The Bertz CT molecular complexity index is 351. The number of hydrogen-bond donors (Lipinski definition) is 2. The fourth-order valence-corrected chi connectivity index (χ4v) is 2.72. The summed E-state index contributed by atoms with van der Waals surface area (Å²) in [5, 5.41) is 17.4. The molecule has 1 fully saturated rings. The predicted molar refractivity (Wildman–Crippen MR) is 72.2 cm³/mol. The molecule has 0 aromatic carbocycles. The molecule has 18 heavy (non-hydrogen) atoms. The molecule has 0 radical (unpaired) electrons. The van der Waals surface area contributed by atoms with Crippen LogP contribution < -0.4 is 5.32 Å². The van der Waals surface area contributed by atoms with Gasteiger partial charge in [-0.3, -0.25) is 4.68 Å². The smallest absolute Gasteiger partial charge is 0.0543 e. The van der Waals surface area contributed by atoms with Crippen LogP contribution in [0.4, 0.5) is 0 Å². The summed E-state index contributed by atoms with van der Waals surface area (Å²) in [6, 6.07) is 0. The Morgan fingerprint density at radius 1 is 1.50 bits per heavy atom. The van der Waals surface area contributed by atoms with Crippen LogP contribution in [-0.4, -0.2) is 27.5 Å². The maximum absolute atomic E-state index is 9.62. The first kappa shape index (κ1) is 13.6. The van der Waals surface area contributed by atoms with Gasteiger partial charge in [-0.2, -0.15) is 5.10 Å². The van der Waals surface area contributed by atoms with Crippen LogP contribution in [0.25, 0.3) is 0 Å². The van der Waals surface area contributed by atoms with Crippen molar-refractivity contribution in [3.05, 3.63) is 18.0 Å². The minimum Gasteiger partial charge on any atom is -0.393 e. The van der Waals surface area contributed by atoms with E-state index in [0.29, 0.717) is 5.92 Å². The first-order valence-corrected chi connectivity index (χ1v) is 7.18. The van der Waals surface area contributed by atoms with Gasteiger partial charge >= 0.3 is 0 Å². The molecule has 1 saturated carbocycles. The highest BCUT2D eigenvalue weighted by molar-refractivity contribution is 5.03. The molecule has 1 aromatic heterocycles. The lowest BCUT2D eigenvalue weighted by atomic mass is 9.87. The Hall–Kier alpha value is -0.870. The summed E-state index contributed by atoms with van der Waals surface area (Å²) < 4.78 is 2.00. The van der Waals surface area contributed by atoms with E-state index in [1.807, 2.05) is 10.9 Å². The number of hydrogen-bond acceptors (Lipinski definition) is 3. The standard InChI is InChI=1S/C14H25N3O/c1-2-6-17-11-13(10-16-17)9-15-8-12-4-3-5-14(18)7-12/h10-12,14-15,18H,2-9H2,1H3. The molecule has 0 spiro atoms. The van der Waals surface area contributed by atoms with Crippen LogP contribution in [0.3, 0.4) is 0 Å². The highest BCUT2D eigenvalue weighted by Gasteiger charge is 2.19. The van der Waals surface area contributed by atoms with E-state index in [1.54, 1.807) is 0 Å². The average molecular weight is 251 g/mol. The van der Waals surface area contributed by atoms with E-state index < -0.39 is 0 Å². The Kier molecular flexibility index (Phi) is 5.20. The molecule has 4 nitrogen and oxygen atoms in total. The maximum atomic E-state index is 9.62. The Balaban J connectivity index is 1.67. The van der Waals surface area contributed by atoms with Crippen LogP contribution in [0.1, 0.15) is 44.6 Å². The van der Waals surface area contributed by atoms with Crippen LogP contribution >= 0.6 is 0 Å². The molecule has 2 unspecified atom stereocenters. The van der Waals surface area contributed by atoms with E-state index >= 15 is 0 Å². The highest BCUT2D eigenvalue weighted by Crippen LogP contribution is 2.23. The summed E-state index contributed by atoms with van der Waals surface area (Å²) in [6.45, 7) is 5.05. The zero-order valence-electron chi connectivity index (χ0n) is 11.3. The van der Waals surface area contributed by atoms with Gasteiger partial charge in [0.2, 0.25) is 0 Å². The number of aliphatic hydroxyl groups excluding tert-OH is 1. The third kappa shape index (κ3) is 4.10. The van der Waals surface area contributed by atoms with Crippen molar-refractivity contribution in [2.45, 2.75) is 58.2 Å². The number of nitrogens with one attached hydrogen (secondary N) is 1. The van der Waals surface area contributed by atoms with E-state index in [1.165, 1.54) is 18.4 Å². The Morgan fingerprint density at radius 3 is 3.17 bits per heavy atom. The lowest BCUT2D eigenvalue weighted by Crippen LogP contribution is -2.28. The van der Waals surface area contributed by atoms with Crippen molar-refractivity contribution in [1.82, 2.24) is 15.1 Å². The molecule has 1 aliphatic rings. The molecule has 2 atom stereocenters. The largest absolute Gasteiger partial charge is 0.393 e. The van der Waals surface area contributed by atoms with E-state index in [0.717, 1.165) is 38.9 Å². The van der Waals surface area contributed by atoms with Gasteiger partial charge in [-0.15, -0.1) is 0 Å². The number of aliphatic hydroxyl groups is 1. The van der Waals surface area contributed by atoms with Crippen molar-refractivity contribution < 1.29 is 5.11 Å². The van der Waals surface area contributed by atoms with Crippen LogP contribution in [0, 0.1) is 5.92 Å². The molecule has 0 amide bonds. The van der Waals surface area contributed by atoms with Gasteiger partial charge in [0.15, 0.2) is 0 Å². The monoisotopic (exact) mass is 251 g/mol. The maximum Gasteiger partial charge on any atom is 0.0543 e. The van der Waals surface area contributed by atoms with Crippen LogP contribution in [0.2, 0.25) is 0 Å². The molecule has 2 rings (SSSR count). The molecule has 102 valence electrons. The van der Waals surface area contributed by atoms with Gasteiger partial charge in [0.25, 0.3) is 0 Å². The second-order valence-electron chi connectivity index (χ2n) is 5.43. The minimum absolute atomic E-state index is 0.0714. The van der Waals surface area contributed by atoms with E-state index in [4.69, 9.17) is 0 Å². The summed E-state index contributed by atoms with van der Waals surface area (Å²) in [6.07, 6.45) is 9.47. The van der Waals surface area contributed by atoms with E-state index in [-0.39, 0.29) is 6.10 Å². The summed E-state index contributed by atoms with van der Waals surface area (Å²) >= 11 is 0. The van der Waals surface area contributed by atoms with Crippen molar-refractivity contribution in [2.75, 3.05) is 6.54 Å². The molecule has 1 heterocycles. The Labute approximate surface area is 109 Å². The lowest BCUT2D eigenvalue weighted by molar-refractivity contribution is 0.101. The van der Waals surface area contributed by atoms with Gasteiger partial charge in [-0.25, -0.2) is 0 Å². The fourth-order valence-electron chi connectivity index (χ4n) is 2.72. The quantitative estimate of drug-likeness (QED) is 0.812.